The molecule has 3 aromatic rings. The second-order valence-corrected chi connectivity index (χ2v) is 8.30. The van der Waals surface area contributed by atoms with E-state index in [-0.39, 0.29) is 11.4 Å². The largest absolute Gasteiger partial charge is 0.368 e. The summed E-state index contributed by atoms with van der Waals surface area (Å²) in [6, 6.07) is 10.6. The monoisotopic (exact) mass is 468 g/mol. The first kappa shape index (κ1) is 20.5. The normalized spacial score (nSPS) is 15.2. The molecule has 2 aliphatic rings. The molecule has 0 fully saturated rings. The summed E-state index contributed by atoms with van der Waals surface area (Å²) in [5, 5.41) is 13.4. The van der Waals surface area contributed by atoms with Crippen LogP contribution in [0.5, 0.6) is 0 Å². The Labute approximate surface area is 193 Å². The number of nitrogens with one attached hydrogen (secondary N) is 4. The third-order valence-electron chi connectivity index (χ3n) is 5.14. The van der Waals surface area contributed by atoms with Crippen molar-refractivity contribution >= 4 is 57.6 Å². The summed E-state index contributed by atoms with van der Waals surface area (Å²) in [7, 11) is 0. The molecule has 3 aromatic carbocycles. The van der Waals surface area contributed by atoms with Crippen LogP contribution < -0.4 is 32.1 Å². The van der Waals surface area contributed by atoms with Gasteiger partial charge in [-0.1, -0.05) is 23.2 Å². The van der Waals surface area contributed by atoms with Crippen molar-refractivity contribution in [2.75, 3.05) is 36.8 Å². The second kappa shape index (κ2) is 8.29. The van der Waals surface area contributed by atoms with E-state index >= 15 is 0 Å². The van der Waals surface area contributed by atoms with Crippen LogP contribution >= 0.6 is 23.2 Å². The molecule has 2 aliphatic heterocycles. The minimum Gasteiger partial charge on any atom is -0.368 e. The van der Waals surface area contributed by atoms with Crippen LogP contribution in [-0.2, 0) is 0 Å². The number of benzene rings is 2. The van der Waals surface area contributed by atoms with Crippen molar-refractivity contribution in [3.63, 3.8) is 0 Å². The van der Waals surface area contributed by atoms with Gasteiger partial charge >= 0.3 is 0 Å². The third-order valence-corrected chi connectivity index (χ3v) is 5.58. The van der Waals surface area contributed by atoms with Gasteiger partial charge in [0.25, 0.3) is 10.9 Å². The zero-order valence-corrected chi connectivity index (χ0v) is 18.3. The Kier molecular flexibility index (Phi) is 5.32. The van der Waals surface area contributed by atoms with Crippen LogP contribution in [0.4, 0.5) is 22.7 Å². The van der Waals surface area contributed by atoms with E-state index in [1.165, 1.54) is 0 Å². The molecule has 0 amide bonds. The summed E-state index contributed by atoms with van der Waals surface area (Å²) in [5.41, 5.74) is 1.89. The lowest BCUT2D eigenvalue weighted by atomic mass is 10.1. The molecule has 0 spiro atoms. The molecule has 0 aliphatic carbocycles. The van der Waals surface area contributed by atoms with E-state index in [1.54, 1.807) is 24.3 Å². The first-order valence-corrected chi connectivity index (χ1v) is 10.8. The molecule has 2 heterocycles. The van der Waals surface area contributed by atoms with Crippen LogP contribution in [0.2, 0.25) is 10.0 Å². The predicted octanol–water partition coefficient (Wildman–Crippen LogP) is 2.78. The highest BCUT2D eigenvalue weighted by Gasteiger charge is 2.22. The van der Waals surface area contributed by atoms with Gasteiger partial charge in [0, 0.05) is 45.6 Å². The first-order chi connectivity index (χ1) is 15.5. The van der Waals surface area contributed by atoms with E-state index in [2.05, 4.69) is 31.3 Å². The molecule has 162 valence electrons. The van der Waals surface area contributed by atoms with Crippen LogP contribution in [-0.4, -0.2) is 37.9 Å². The summed E-state index contributed by atoms with van der Waals surface area (Å²) >= 11 is 12.5. The van der Waals surface area contributed by atoms with Crippen LogP contribution in [0, 0.1) is 0 Å². The van der Waals surface area contributed by atoms with E-state index < -0.39 is 10.9 Å². The molecular weight excluding hydrogens is 451 g/mol. The fourth-order valence-electron chi connectivity index (χ4n) is 3.70. The van der Waals surface area contributed by atoms with E-state index in [9.17, 15) is 9.59 Å². The highest BCUT2D eigenvalue weighted by atomic mass is 35.5. The van der Waals surface area contributed by atoms with Gasteiger partial charge in [-0.05, 0) is 36.4 Å². The minimum atomic E-state index is -0.602. The molecular formula is C22H18Cl2N6O2. The van der Waals surface area contributed by atoms with Crippen LogP contribution in [0.3, 0.4) is 0 Å². The van der Waals surface area contributed by atoms with Crippen molar-refractivity contribution < 1.29 is 0 Å². The molecule has 0 radical (unpaired) electrons. The average Bonchev–Trinajstić information content (AvgIpc) is 3.49. The van der Waals surface area contributed by atoms with E-state index in [0.717, 1.165) is 35.9 Å². The Morgan fingerprint density at radius 2 is 1.12 bits per heavy atom. The van der Waals surface area contributed by atoms with Crippen molar-refractivity contribution in [1.29, 1.82) is 0 Å². The molecule has 0 atom stereocenters. The summed E-state index contributed by atoms with van der Waals surface area (Å²) in [4.78, 5) is 33.4. The number of rotatable bonds is 6. The van der Waals surface area contributed by atoms with Crippen molar-refractivity contribution in [2.24, 2.45) is 9.98 Å². The molecule has 0 bridgehead atoms. The first-order valence-electron chi connectivity index (χ1n) is 10.0. The SMILES string of the molecule is O=c1c(Nc2cc(Cl)cc(C3=NCCN3)c2)c(Nc2cc(Cl)cc(C3=NCCN3)c2)c1=O. The Balaban J connectivity index is 1.43. The Morgan fingerprint density at radius 3 is 1.50 bits per heavy atom. The van der Waals surface area contributed by atoms with Gasteiger partial charge in [-0.25, -0.2) is 0 Å². The Morgan fingerprint density at radius 1 is 0.688 bits per heavy atom. The number of hydrogen-bond donors (Lipinski definition) is 4. The smallest absolute Gasteiger partial charge is 0.253 e. The molecule has 0 saturated carbocycles. The standard InChI is InChI=1S/C22H18Cl2N6O2/c23-13-5-11(21-25-1-2-26-21)7-15(9-13)29-17-18(20(32)19(17)31)30-16-8-12(6-14(24)10-16)22-27-3-4-28-22/h5-10,29-30H,1-4H2,(H,25,26)(H,27,28). The van der Waals surface area contributed by atoms with Gasteiger partial charge in [0.05, 0.1) is 13.1 Å². The molecule has 8 nitrogen and oxygen atoms in total. The van der Waals surface area contributed by atoms with Crippen LogP contribution in [0.15, 0.2) is 56.0 Å². The lowest BCUT2D eigenvalue weighted by Gasteiger charge is -2.17. The van der Waals surface area contributed by atoms with Crippen molar-refractivity contribution in [3.05, 3.63) is 78.0 Å². The molecule has 0 saturated heterocycles. The Bertz CT molecular complexity index is 1250. The highest BCUT2D eigenvalue weighted by molar-refractivity contribution is 6.31. The summed E-state index contributed by atoms with van der Waals surface area (Å²) in [6.45, 7) is 2.92. The van der Waals surface area contributed by atoms with E-state index in [4.69, 9.17) is 23.2 Å². The fraction of sp³-hybridized carbons (Fsp3) is 0.182. The van der Waals surface area contributed by atoms with Crippen molar-refractivity contribution in [1.82, 2.24) is 10.6 Å². The summed E-state index contributed by atoms with van der Waals surface area (Å²) < 4.78 is 0. The maximum atomic E-state index is 12.3. The van der Waals surface area contributed by atoms with Gasteiger partial charge in [0.1, 0.15) is 23.0 Å². The quantitative estimate of drug-likeness (QED) is 0.414. The predicted molar refractivity (Wildman–Crippen MR) is 130 cm³/mol. The molecule has 4 N–H and O–H groups in total. The van der Waals surface area contributed by atoms with Crippen LogP contribution in [0.1, 0.15) is 11.1 Å². The average molecular weight is 469 g/mol. The number of halogens is 2. The minimum absolute atomic E-state index is 0.169. The van der Waals surface area contributed by atoms with Gasteiger partial charge in [-0.15, -0.1) is 0 Å². The number of hydrogen-bond acceptors (Lipinski definition) is 8. The lowest BCUT2D eigenvalue weighted by Crippen LogP contribution is -2.35. The maximum Gasteiger partial charge on any atom is 0.253 e. The summed E-state index contributed by atoms with van der Waals surface area (Å²) in [5.74, 6) is 1.49. The van der Waals surface area contributed by atoms with Crippen molar-refractivity contribution in [2.45, 2.75) is 0 Å². The van der Waals surface area contributed by atoms with E-state index in [0.29, 0.717) is 34.5 Å². The number of amidine groups is 2. The second-order valence-electron chi connectivity index (χ2n) is 7.43. The lowest BCUT2D eigenvalue weighted by molar-refractivity contribution is 0.960. The maximum absolute atomic E-state index is 12.3. The highest BCUT2D eigenvalue weighted by Crippen LogP contribution is 2.29. The topological polar surface area (TPSA) is 107 Å². The number of aliphatic imine (C=N–C) groups is 2. The molecule has 32 heavy (non-hydrogen) atoms. The van der Waals surface area contributed by atoms with Crippen LogP contribution in [0.25, 0.3) is 0 Å². The van der Waals surface area contributed by atoms with Gasteiger partial charge < -0.3 is 21.3 Å². The number of nitrogens with zero attached hydrogens (tertiary/aromatic N) is 2. The molecule has 0 aromatic heterocycles. The zero-order chi connectivity index (χ0) is 22.2. The zero-order valence-electron chi connectivity index (χ0n) is 16.8. The van der Waals surface area contributed by atoms with Gasteiger partial charge in [0.15, 0.2) is 0 Å². The fourth-order valence-corrected chi connectivity index (χ4v) is 4.17. The number of anilines is 4. The van der Waals surface area contributed by atoms with Gasteiger partial charge in [0.2, 0.25) is 0 Å². The molecule has 5 rings (SSSR count). The molecule has 10 heteroatoms. The Hall–Kier alpha value is -3.36. The van der Waals surface area contributed by atoms with Gasteiger partial charge in [-0.2, -0.15) is 0 Å². The van der Waals surface area contributed by atoms with Gasteiger partial charge in [-0.3, -0.25) is 19.6 Å². The third kappa shape index (κ3) is 3.94. The van der Waals surface area contributed by atoms with E-state index in [1.807, 2.05) is 12.1 Å². The molecule has 0 unspecified atom stereocenters. The summed E-state index contributed by atoms with van der Waals surface area (Å²) in [6.07, 6.45) is 0. The van der Waals surface area contributed by atoms with Crippen molar-refractivity contribution in [3.8, 4) is 0 Å².